The third-order valence-electron chi connectivity index (χ3n) is 3.01. The second kappa shape index (κ2) is 3.92. The van der Waals surface area contributed by atoms with E-state index in [2.05, 4.69) is 11.8 Å². The van der Waals surface area contributed by atoms with Gasteiger partial charge in [0.05, 0.1) is 4.75 Å². The first-order chi connectivity index (χ1) is 6.39. The summed E-state index contributed by atoms with van der Waals surface area (Å²) in [5.74, 6) is 6.19. The average molecular weight is 216 g/mol. The minimum absolute atomic E-state index is 0.301. The Balaban J connectivity index is 2.70. The summed E-state index contributed by atoms with van der Waals surface area (Å²) in [4.78, 5) is 0. The van der Waals surface area contributed by atoms with E-state index in [1.807, 2.05) is 0 Å². The number of hydrogen-bond acceptors (Lipinski definition) is 2. The van der Waals surface area contributed by atoms with E-state index < -0.39 is 14.9 Å². The number of hydrogen-bond donors (Lipinski definition) is 1. The average Bonchev–Trinajstić information content (AvgIpc) is 2.08. The summed E-state index contributed by atoms with van der Waals surface area (Å²) in [6.45, 7) is 3.40. The summed E-state index contributed by atoms with van der Waals surface area (Å²) in [5, 5.41) is 0. The first-order valence-electron chi connectivity index (χ1n) is 4.78. The molecule has 1 fully saturated rings. The van der Waals surface area contributed by atoms with Crippen molar-refractivity contribution in [2.75, 3.05) is 0 Å². The van der Waals surface area contributed by atoms with E-state index in [9.17, 15) is 8.42 Å². The molecule has 0 unspecified atom stereocenters. The smallest absolute Gasteiger partial charge is 0.270 e. The van der Waals surface area contributed by atoms with Gasteiger partial charge in [0, 0.05) is 5.92 Å². The summed E-state index contributed by atoms with van der Waals surface area (Å²) in [6.07, 6.45) is 2.53. The third kappa shape index (κ3) is 2.28. The van der Waals surface area contributed by atoms with Crippen molar-refractivity contribution in [2.24, 2.45) is 5.92 Å². The molecule has 0 bridgehead atoms. The Bertz CT molecular complexity index is 351. The molecule has 0 aliphatic heterocycles. The minimum Gasteiger partial charge on any atom is -0.285 e. The van der Waals surface area contributed by atoms with Crippen LogP contribution in [0.25, 0.3) is 0 Å². The first-order valence-corrected chi connectivity index (χ1v) is 6.22. The highest BCUT2D eigenvalue weighted by Crippen LogP contribution is 2.36. The third-order valence-corrected chi connectivity index (χ3v) is 4.67. The summed E-state index contributed by atoms with van der Waals surface area (Å²) in [5.41, 5.74) is 0. The van der Waals surface area contributed by atoms with Crippen molar-refractivity contribution >= 4 is 10.1 Å². The van der Waals surface area contributed by atoms with Gasteiger partial charge in [-0.2, -0.15) is 8.42 Å². The van der Waals surface area contributed by atoms with Gasteiger partial charge >= 0.3 is 0 Å². The van der Waals surface area contributed by atoms with Gasteiger partial charge in [-0.3, -0.25) is 4.55 Å². The van der Waals surface area contributed by atoms with Gasteiger partial charge in [-0.15, -0.1) is 11.8 Å². The molecule has 0 spiro atoms. The first kappa shape index (κ1) is 11.5. The molecule has 1 saturated carbocycles. The lowest BCUT2D eigenvalue weighted by molar-refractivity contribution is 0.325. The molecular weight excluding hydrogens is 200 g/mol. The van der Waals surface area contributed by atoms with E-state index in [1.54, 1.807) is 13.8 Å². The molecule has 1 rings (SSSR count). The van der Waals surface area contributed by atoms with Crippen LogP contribution in [-0.2, 0) is 10.1 Å². The van der Waals surface area contributed by atoms with Crippen LogP contribution in [0.1, 0.15) is 39.5 Å². The van der Waals surface area contributed by atoms with Gasteiger partial charge in [0.25, 0.3) is 10.1 Å². The van der Waals surface area contributed by atoms with Crippen LogP contribution in [0, 0.1) is 17.8 Å². The van der Waals surface area contributed by atoms with E-state index in [4.69, 9.17) is 4.55 Å². The monoisotopic (exact) mass is 216 g/mol. The fourth-order valence-electron chi connectivity index (χ4n) is 1.83. The maximum absolute atomic E-state index is 11.1. The highest BCUT2D eigenvalue weighted by Gasteiger charge is 2.40. The molecule has 1 aliphatic rings. The molecule has 0 aromatic carbocycles. The fourth-order valence-corrected chi connectivity index (χ4v) is 2.59. The van der Waals surface area contributed by atoms with Gasteiger partial charge in [0.2, 0.25) is 0 Å². The molecule has 4 heteroatoms. The predicted octanol–water partition coefficient (Wildman–Crippen LogP) is 1.85. The molecule has 0 aromatic heterocycles. The quantitative estimate of drug-likeness (QED) is 0.537. The SMILES string of the molecule is CC#CC1CCC(C)(S(=O)(=O)O)CC1. The van der Waals surface area contributed by atoms with Crippen LogP contribution >= 0.6 is 0 Å². The van der Waals surface area contributed by atoms with Crippen molar-refractivity contribution < 1.29 is 13.0 Å². The molecule has 0 amide bonds. The van der Waals surface area contributed by atoms with Gasteiger partial charge in [-0.05, 0) is 39.5 Å². The van der Waals surface area contributed by atoms with Crippen molar-refractivity contribution in [3.8, 4) is 11.8 Å². The van der Waals surface area contributed by atoms with Gasteiger partial charge < -0.3 is 0 Å². The van der Waals surface area contributed by atoms with Crippen LogP contribution in [0.15, 0.2) is 0 Å². The van der Waals surface area contributed by atoms with Crippen LogP contribution in [0.5, 0.6) is 0 Å². The van der Waals surface area contributed by atoms with E-state index in [0.29, 0.717) is 18.8 Å². The fraction of sp³-hybridized carbons (Fsp3) is 0.800. The summed E-state index contributed by atoms with van der Waals surface area (Å²) < 4.78 is 30.3. The maximum atomic E-state index is 11.1. The molecular formula is C10H16O3S. The Morgan fingerprint density at radius 3 is 2.21 bits per heavy atom. The molecule has 1 N–H and O–H groups in total. The molecule has 1 aliphatic carbocycles. The topological polar surface area (TPSA) is 54.4 Å². The summed E-state index contributed by atoms with van der Waals surface area (Å²) >= 11 is 0. The Labute approximate surface area is 85.6 Å². The van der Waals surface area contributed by atoms with E-state index in [0.717, 1.165) is 12.8 Å². The standard InChI is InChI=1S/C10H16O3S/c1-3-4-9-5-7-10(2,8-6-9)14(11,12)13/h9H,5-8H2,1-2H3,(H,11,12,13). The molecule has 0 aromatic rings. The zero-order valence-corrected chi connectivity index (χ0v) is 9.39. The van der Waals surface area contributed by atoms with Crippen molar-refractivity contribution in [3.63, 3.8) is 0 Å². The predicted molar refractivity (Wildman–Crippen MR) is 55.4 cm³/mol. The Hall–Kier alpha value is -0.530. The van der Waals surface area contributed by atoms with Crippen molar-refractivity contribution in [1.29, 1.82) is 0 Å². The zero-order valence-electron chi connectivity index (χ0n) is 8.58. The van der Waals surface area contributed by atoms with Crippen LogP contribution < -0.4 is 0 Å². The second-order valence-corrected chi connectivity index (χ2v) is 6.03. The van der Waals surface area contributed by atoms with Gasteiger partial charge in [-0.25, -0.2) is 0 Å². The largest absolute Gasteiger partial charge is 0.285 e. The highest BCUT2D eigenvalue weighted by atomic mass is 32.2. The van der Waals surface area contributed by atoms with Crippen LogP contribution in [-0.4, -0.2) is 17.7 Å². The molecule has 0 saturated heterocycles. The summed E-state index contributed by atoms with van der Waals surface area (Å²) in [7, 11) is -3.91. The molecule has 80 valence electrons. The molecule has 14 heavy (non-hydrogen) atoms. The lowest BCUT2D eigenvalue weighted by Crippen LogP contribution is -2.38. The number of rotatable bonds is 1. The summed E-state index contributed by atoms with van der Waals surface area (Å²) in [6, 6.07) is 0. The zero-order chi connectivity index (χ0) is 10.8. The van der Waals surface area contributed by atoms with E-state index in [1.165, 1.54) is 0 Å². The normalized spacial score (nSPS) is 33.2. The lowest BCUT2D eigenvalue weighted by atomic mass is 9.83. The van der Waals surface area contributed by atoms with Crippen molar-refractivity contribution in [2.45, 2.75) is 44.3 Å². The van der Waals surface area contributed by atoms with Crippen molar-refractivity contribution in [1.82, 2.24) is 0 Å². The Kier molecular flexibility index (Phi) is 3.23. The minimum atomic E-state index is -3.91. The molecule has 3 nitrogen and oxygen atoms in total. The Morgan fingerprint density at radius 2 is 1.86 bits per heavy atom. The molecule has 0 atom stereocenters. The van der Waals surface area contributed by atoms with Crippen LogP contribution in [0.2, 0.25) is 0 Å². The van der Waals surface area contributed by atoms with E-state index in [-0.39, 0.29) is 0 Å². The second-order valence-electron chi connectivity index (χ2n) is 4.09. The van der Waals surface area contributed by atoms with Gasteiger partial charge in [-0.1, -0.05) is 0 Å². The maximum Gasteiger partial charge on any atom is 0.270 e. The van der Waals surface area contributed by atoms with Crippen LogP contribution in [0.4, 0.5) is 0 Å². The van der Waals surface area contributed by atoms with Crippen LogP contribution in [0.3, 0.4) is 0 Å². The van der Waals surface area contributed by atoms with Crippen molar-refractivity contribution in [3.05, 3.63) is 0 Å². The van der Waals surface area contributed by atoms with E-state index >= 15 is 0 Å². The highest BCUT2D eigenvalue weighted by molar-refractivity contribution is 7.87. The lowest BCUT2D eigenvalue weighted by Gasteiger charge is -2.32. The van der Waals surface area contributed by atoms with Gasteiger partial charge in [0.15, 0.2) is 0 Å². The molecule has 0 radical (unpaired) electrons. The Morgan fingerprint density at radius 1 is 1.36 bits per heavy atom. The van der Waals surface area contributed by atoms with Gasteiger partial charge in [0.1, 0.15) is 0 Å². The molecule has 0 heterocycles.